The van der Waals surface area contributed by atoms with Crippen LogP contribution in [0.1, 0.15) is 11.3 Å². The third-order valence-corrected chi connectivity index (χ3v) is 3.18. The number of pyridine rings is 1. The Labute approximate surface area is 116 Å². The third kappa shape index (κ3) is 2.42. The number of aromatic nitrogens is 3. The average Bonchev–Trinajstić information content (AvgIpc) is 2.89. The van der Waals surface area contributed by atoms with E-state index in [1.807, 2.05) is 0 Å². The molecule has 0 saturated carbocycles. The molecule has 7 heteroatoms. The standard InChI is InChI=1S/C14H10F3N3O/c1-8-4-10(5-9-2-3-12(21)19-13(8)9)20-6-11(18-7-20)14(15,16)17/h2-7H,1H3,(H,19,21). The minimum Gasteiger partial charge on any atom is -0.322 e. The number of aryl methyl sites for hydroxylation is 1. The van der Waals surface area contributed by atoms with Gasteiger partial charge in [0.1, 0.15) is 0 Å². The lowest BCUT2D eigenvalue weighted by Gasteiger charge is -2.07. The number of nitrogens with zero attached hydrogens (tertiary/aromatic N) is 2. The molecule has 21 heavy (non-hydrogen) atoms. The predicted octanol–water partition coefficient (Wildman–Crippen LogP) is 3.04. The summed E-state index contributed by atoms with van der Waals surface area (Å²) in [6.45, 7) is 1.78. The summed E-state index contributed by atoms with van der Waals surface area (Å²) in [7, 11) is 0. The van der Waals surface area contributed by atoms with Crippen LogP contribution in [-0.4, -0.2) is 14.5 Å². The SMILES string of the molecule is Cc1cc(-n2cnc(C(F)(F)F)c2)cc2ccc(=O)[nH]c12. The predicted molar refractivity (Wildman–Crippen MR) is 71.4 cm³/mol. The van der Waals surface area contributed by atoms with Gasteiger partial charge in [-0.3, -0.25) is 4.79 Å². The second-order valence-corrected chi connectivity index (χ2v) is 4.71. The molecule has 1 N–H and O–H groups in total. The molecule has 0 aliphatic heterocycles. The van der Waals surface area contributed by atoms with Crippen molar-refractivity contribution in [3.63, 3.8) is 0 Å². The van der Waals surface area contributed by atoms with Crippen molar-refractivity contribution < 1.29 is 13.2 Å². The Kier molecular flexibility index (Phi) is 2.86. The number of alkyl halides is 3. The molecule has 3 aromatic rings. The number of H-pyrrole nitrogens is 1. The van der Waals surface area contributed by atoms with E-state index in [0.29, 0.717) is 11.2 Å². The second kappa shape index (κ2) is 4.47. The fourth-order valence-electron chi connectivity index (χ4n) is 2.19. The molecule has 0 fully saturated rings. The topological polar surface area (TPSA) is 50.7 Å². The number of hydrogen-bond acceptors (Lipinski definition) is 2. The summed E-state index contributed by atoms with van der Waals surface area (Å²) in [6, 6.07) is 6.40. The van der Waals surface area contributed by atoms with E-state index in [2.05, 4.69) is 9.97 Å². The van der Waals surface area contributed by atoms with Crippen LogP contribution in [0.2, 0.25) is 0 Å². The van der Waals surface area contributed by atoms with Crippen LogP contribution < -0.4 is 5.56 Å². The molecule has 0 aliphatic carbocycles. The number of rotatable bonds is 1. The van der Waals surface area contributed by atoms with E-state index in [1.54, 1.807) is 25.1 Å². The Hall–Kier alpha value is -2.57. The van der Waals surface area contributed by atoms with Crippen molar-refractivity contribution in [1.29, 1.82) is 0 Å². The maximum Gasteiger partial charge on any atom is 0.434 e. The van der Waals surface area contributed by atoms with Crippen molar-refractivity contribution >= 4 is 10.9 Å². The van der Waals surface area contributed by atoms with Crippen LogP contribution in [0.15, 0.2) is 41.6 Å². The van der Waals surface area contributed by atoms with Crippen LogP contribution in [0.5, 0.6) is 0 Å². The number of imidazole rings is 1. The van der Waals surface area contributed by atoms with E-state index >= 15 is 0 Å². The van der Waals surface area contributed by atoms with Gasteiger partial charge in [-0.05, 0) is 30.7 Å². The average molecular weight is 293 g/mol. The molecule has 0 amide bonds. The van der Waals surface area contributed by atoms with E-state index in [-0.39, 0.29) is 5.56 Å². The quantitative estimate of drug-likeness (QED) is 0.749. The van der Waals surface area contributed by atoms with Crippen LogP contribution in [0.4, 0.5) is 13.2 Å². The summed E-state index contributed by atoms with van der Waals surface area (Å²) in [5.74, 6) is 0. The van der Waals surface area contributed by atoms with E-state index in [9.17, 15) is 18.0 Å². The van der Waals surface area contributed by atoms with Gasteiger partial charge in [-0.1, -0.05) is 0 Å². The smallest absolute Gasteiger partial charge is 0.322 e. The van der Waals surface area contributed by atoms with Gasteiger partial charge in [-0.25, -0.2) is 4.98 Å². The van der Waals surface area contributed by atoms with Crippen LogP contribution in [0, 0.1) is 6.92 Å². The molecule has 2 aromatic heterocycles. The van der Waals surface area contributed by atoms with Crippen molar-refractivity contribution in [2.75, 3.05) is 0 Å². The molecule has 0 atom stereocenters. The fourth-order valence-corrected chi connectivity index (χ4v) is 2.19. The first-order valence-electron chi connectivity index (χ1n) is 6.10. The van der Waals surface area contributed by atoms with Crippen LogP contribution >= 0.6 is 0 Å². The monoisotopic (exact) mass is 293 g/mol. The molecule has 4 nitrogen and oxygen atoms in total. The van der Waals surface area contributed by atoms with E-state index in [1.165, 1.54) is 10.6 Å². The number of benzene rings is 1. The summed E-state index contributed by atoms with van der Waals surface area (Å²) >= 11 is 0. The molecule has 0 unspecified atom stereocenters. The Balaban J connectivity index is 2.15. The zero-order valence-corrected chi connectivity index (χ0v) is 10.9. The lowest BCUT2D eigenvalue weighted by Crippen LogP contribution is -2.05. The maximum absolute atomic E-state index is 12.6. The third-order valence-electron chi connectivity index (χ3n) is 3.18. The number of fused-ring (bicyclic) bond motifs is 1. The molecule has 0 spiro atoms. The molecule has 0 aliphatic rings. The Morgan fingerprint density at radius 2 is 2.00 bits per heavy atom. The van der Waals surface area contributed by atoms with Crippen molar-refractivity contribution in [1.82, 2.24) is 14.5 Å². The van der Waals surface area contributed by atoms with Gasteiger partial charge in [0.2, 0.25) is 5.56 Å². The minimum absolute atomic E-state index is 0.222. The highest BCUT2D eigenvalue weighted by atomic mass is 19.4. The molecule has 0 radical (unpaired) electrons. The highest BCUT2D eigenvalue weighted by Crippen LogP contribution is 2.28. The van der Waals surface area contributed by atoms with E-state index in [0.717, 1.165) is 23.5 Å². The van der Waals surface area contributed by atoms with E-state index < -0.39 is 11.9 Å². The Morgan fingerprint density at radius 3 is 2.67 bits per heavy atom. The fraction of sp³-hybridized carbons (Fsp3) is 0.143. The van der Waals surface area contributed by atoms with Gasteiger partial charge in [0.25, 0.3) is 0 Å². The summed E-state index contributed by atoms with van der Waals surface area (Å²) in [5.41, 5.74) is 0.821. The van der Waals surface area contributed by atoms with Gasteiger partial charge in [0.15, 0.2) is 5.69 Å². The first kappa shape index (κ1) is 13.4. The number of nitrogens with one attached hydrogen (secondary N) is 1. The van der Waals surface area contributed by atoms with E-state index in [4.69, 9.17) is 0 Å². The highest BCUT2D eigenvalue weighted by Gasteiger charge is 2.33. The molecular weight excluding hydrogens is 283 g/mol. The molecule has 2 heterocycles. The summed E-state index contributed by atoms with van der Waals surface area (Å²) in [4.78, 5) is 17.4. The van der Waals surface area contributed by atoms with Gasteiger partial charge >= 0.3 is 6.18 Å². The van der Waals surface area contributed by atoms with Crippen molar-refractivity contribution in [3.8, 4) is 5.69 Å². The van der Waals surface area contributed by atoms with Gasteiger partial charge in [0.05, 0.1) is 11.8 Å². The molecule has 1 aromatic carbocycles. The molecule has 0 saturated heterocycles. The number of aromatic amines is 1. The lowest BCUT2D eigenvalue weighted by atomic mass is 10.1. The van der Waals surface area contributed by atoms with Crippen LogP contribution in [-0.2, 0) is 6.18 Å². The van der Waals surface area contributed by atoms with Gasteiger partial charge in [-0.2, -0.15) is 13.2 Å². The van der Waals surface area contributed by atoms with Crippen molar-refractivity contribution in [2.45, 2.75) is 13.1 Å². The van der Waals surface area contributed by atoms with Gasteiger partial charge in [-0.15, -0.1) is 0 Å². The highest BCUT2D eigenvalue weighted by molar-refractivity contribution is 5.83. The number of halogens is 3. The Bertz CT molecular complexity index is 877. The summed E-state index contributed by atoms with van der Waals surface area (Å²) in [5, 5.41) is 0.742. The molecular formula is C14H10F3N3O. The normalized spacial score (nSPS) is 12.0. The zero-order valence-electron chi connectivity index (χ0n) is 10.9. The first-order chi connectivity index (χ1) is 9.84. The van der Waals surface area contributed by atoms with Gasteiger partial charge in [0, 0.05) is 23.3 Å². The summed E-state index contributed by atoms with van der Waals surface area (Å²) < 4.78 is 39.0. The van der Waals surface area contributed by atoms with Crippen molar-refractivity contribution in [3.05, 3.63) is 58.4 Å². The largest absolute Gasteiger partial charge is 0.434 e. The molecule has 3 rings (SSSR count). The second-order valence-electron chi connectivity index (χ2n) is 4.71. The zero-order chi connectivity index (χ0) is 15.2. The van der Waals surface area contributed by atoms with Crippen molar-refractivity contribution in [2.24, 2.45) is 0 Å². The first-order valence-corrected chi connectivity index (χ1v) is 6.10. The lowest BCUT2D eigenvalue weighted by molar-refractivity contribution is -0.140. The molecule has 0 bridgehead atoms. The Morgan fingerprint density at radius 1 is 1.24 bits per heavy atom. The van der Waals surface area contributed by atoms with Crippen LogP contribution in [0.3, 0.4) is 0 Å². The number of hydrogen-bond donors (Lipinski definition) is 1. The molecule has 108 valence electrons. The minimum atomic E-state index is -4.47. The maximum atomic E-state index is 12.6. The van der Waals surface area contributed by atoms with Gasteiger partial charge < -0.3 is 9.55 Å². The van der Waals surface area contributed by atoms with Crippen LogP contribution in [0.25, 0.3) is 16.6 Å². The summed E-state index contributed by atoms with van der Waals surface area (Å²) in [6.07, 6.45) is -2.41.